The number of nitrogens with zero attached hydrogens (tertiary/aromatic N) is 2. The number of Topliss-reactive ketones (excluding diaryl/α,β-unsaturated/α-hetero) is 1. The normalized spacial score (nSPS) is 13.1. The Bertz CT molecular complexity index is 829. The molecule has 0 N–H and O–H groups in total. The first-order chi connectivity index (χ1) is 12.1. The average molecular weight is 397 g/mol. The highest BCUT2D eigenvalue weighted by molar-refractivity contribution is 6.31. The van der Waals surface area contributed by atoms with Crippen molar-refractivity contribution in [2.75, 3.05) is 0 Å². The van der Waals surface area contributed by atoms with Crippen molar-refractivity contribution in [3.8, 4) is 0 Å². The summed E-state index contributed by atoms with van der Waals surface area (Å²) in [5.41, 5.74) is -0.131. The van der Waals surface area contributed by atoms with Gasteiger partial charge in [0.15, 0.2) is 0 Å². The van der Waals surface area contributed by atoms with E-state index >= 15 is 0 Å². The quantitative estimate of drug-likeness (QED) is 0.487. The molecular weight excluding hydrogens is 383 g/mol. The van der Waals surface area contributed by atoms with Gasteiger partial charge in [-0.3, -0.25) is 25.0 Å². The lowest BCUT2D eigenvalue weighted by molar-refractivity contribution is -0.385. The number of benzene rings is 2. The molecule has 2 aromatic rings. The molecule has 0 aliphatic carbocycles. The average Bonchev–Trinajstić information content (AvgIpc) is 2.59. The fourth-order valence-corrected chi connectivity index (χ4v) is 3.10. The molecule has 0 amide bonds. The van der Waals surface area contributed by atoms with E-state index in [4.69, 9.17) is 23.2 Å². The second-order valence-electron chi connectivity index (χ2n) is 5.77. The summed E-state index contributed by atoms with van der Waals surface area (Å²) in [5, 5.41) is 22.9. The third kappa shape index (κ3) is 4.00. The Kier molecular flexibility index (Phi) is 5.94. The Morgan fingerprint density at radius 2 is 1.19 bits per heavy atom. The molecule has 9 heteroatoms. The van der Waals surface area contributed by atoms with Crippen molar-refractivity contribution >= 4 is 40.4 Å². The topological polar surface area (TPSA) is 103 Å². The smallest absolute Gasteiger partial charge is 0.274 e. The summed E-state index contributed by atoms with van der Waals surface area (Å²) in [6.45, 7) is 3.05. The fraction of sp³-hybridized carbons (Fsp3) is 0.235. The van der Waals surface area contributed by atoms with Crippen LogP contribution in [0.25, 0.3) is 0 Å². The number of ketones is 1. The van der Waals surface area contributed by atoms with Crippen LogP contribution in [-0.4, -0.2) is 15.6 Å². The van der Waals surface area contributed by atoms with Gasteiger partial charge in [0, 0.05) is 45.1 Å². The van der Waals surface area contributed by atoms with E-state index in [1.54, 1.807) is 0 Å². The zero-order valence-electron chi connectivity index (χ0n) is 13.8. The molecule has 0 saturated heterocycles. The predicted octanol–water partition coefficient (Wildman–Crippen LogP) is 5.29. The second-order valence-corrected chi connectivity index (χ2v) is 6.64. The van der Waals surface area contributed by atoms with Gasteiger partial charge in [0.1, 0.15) is 5.78 Å². The van der Waals surface area contributed by atoms with Gasteiger partial charge in [-0.1, -0.05) is 37.0 Å². The highest BCUT2D eigenvalue weighted by Crippen LogP contribution is 2.36. The molecule has 7 nitrogen and oxygen atoms in total. The first-order valence-corrected chi connectivity index (χ1v) is 8.30. The molecule has 2 unspecified atom stereocenters. The molecule has 0 spiro atoms. The van der Waals surface area contributed by atoms with E-state index in [2.05, 4.69) is 0 Å². The van der Waals surface area contributed by atoms with Crippen LogP contribution < -0.4 is 0 Å². The van der Waals surface area contributed by atoms with Crippen LogP contribution in [0.4, 0.5) is 11.4 Å². The van der Waals surface area contributed by atoms with Crippen molar-refractivity contribution in [1.29, 1.82) is 0 Å². The number of halogens is 2. The molecule has 0 radical (unpaired) electrons. The molecule has 0 aliphatic heterocycles. The third-order valence-corrected chi connectivity index (χ3v) is 4.64. The maximum atomic E-state index is 12.9. The van der Waals surface area contributed by atoms with E-state index in [0.717, 1.165) is 0 Å². The Labute approximate surface area is 158 Å². The highest BCUT2D eigenvalue weighted by atomic mass is 35.5. The number of carbonyl (C=O) groups is 1. The molecule has 0 bridgehead atoms. The first-order valence-electron chi connectivity index (χ1n) is 7.55. The van der Waals surface area contributed by atoms with Gasteiger partial charge in [0.2, 0.25) is 0 Å². The highest BCUT2D eigenvalue weighted by Gasteiger charge is 2.31. The largest absolute Gasteiger partial charge is 0.298 e. The molecule has 0 saturated carbocycles. The van der Waals surface area contributed by atoms with E-state index < -0.39 is 21.7 Å². The van der Waals surface area contributed by atoms with E-state index in [0.29, 0.717) is 0 Å². The number of hydrogen-bond acceptors (Lipinski definition) is 5. The van der Waals surface area contributed by atoms with Crippen LogP contribution in [0.3, 0.4) is 0 Å². The van der Waals surface area contributed by atoms with Crippen molar-refractivity contribution in [2.45, 2.75) is 25.7 Å². The number of rotatable bonds is 6. The second kappa shape index (κ2) is 7.80. The maximum absolute atomic E-state index is 12.9. The van der Waals surface area contributed by atoms with Crippen LogP contribution in [0.5, 0.6) is 0 Å². The first kappa shape index (κ1) is 19.8. The van der Waals surface area contributed by atoms with Crippen molar-refractivity contribution in [3.05, 3.63) is 77.8 Å². The Balaban J connectivity index is 2.44. The van der Waals surface area contributed by atoms with Gasteiger partial charge in [-0.05, 0) is 24.3 Å². The monoisotopic (exact) mass is 396 g/mol. The van der Waals surface area contributed by atoms with E-state index in [1.807, 2.05) is 0 Å². The van der Waals surface area contributed by atoms with Gasteiger partial charge in [-0.2, -0.15) is 0 Å². The summed E-state index contributed by atoms with van der Waals surface area (Å²) in [7, 11) is 0. The standard InChI is InChI=1S/C17H14Cl2N2O5/c1-9(13-5-3-11(18)7-15(13)20(23)24)17(22)10(2)14-6-4-12(19)8-16(14)21(25)26/h3-10H,1-2H3. The Morgan fingerprint density at radius 3 is 1.50 bits per heavy atom. The molecule has 0 fully saturated rings. The number of carbonyl (C=O) groups excluding carboxylic acids is 1. The molecule has 0 heterocycles. The third-order valence-electron chi connectivity index (χ3n) is 4.16. The van der Waals surface area contributed by atoms with Crippen molar-refractivity contribution in [1.82, 2.24) is 0 Å². The van der Waals surface area contributed by atoms with Crippen LogP contribution in [-0.2, 0) is 4.79 Å². The molecule has 26 heavy (non-hydrogen) atoms. The minimum Gasteiger partial charge on any atom is -0.298 e. The number of hydrogen-bond donors (Lipinski definition) is 0. The summed E-state index contributed by atoms with van der Waals surface area (Å²) < 4.78 is 0. The Hall–Kier alpha value is -2.51. The minimum absolute atomic E-state index is 0.182. The van der Waals surface area contributed by atoms with Crippen LogP contribution in [0, 0.1) is 20.2 Å². The van der Waals surface area contributed by atoms with Crippen LogP contribution in [0.1, 0.15) is 36.8 Å². The van der Waals surface area contributed by atoms with Gasteiger partial charge in [-0.15, -0.1) is 0 Å². The van der Waals surface area contributed by atoms with Crippen molar-refractivity contribution in [2.24, 2.45) is 0 Å². The van der Waals surface area contributed by atoms with E-state index in [1.165, 1.54) is 50.2 Å². The molecular formula is C17H14Cl2N2O5. The van der Waals surface area contributed by atoms with Gasteiger partial charge in [0.05, 0.1) is 9.85 Å². The van der Waals surface area contributed by atoms with E-state index in [9.17, 15) is 25.0 Å². The number of nitro benzene ring substituents is 2. The molecule has 136 valence electrons. The lowest BCUT2D eigenvalue weighted by Gasteiger charge is -2.17. The zero-order valence-corrected chi connectivity index (χ0v) is 15.3. The van der Waals surface area contributed by atoms with E-state index in [-0.39, 0.29) is 38.3 Å². The summed E-state index contributed by atoms with van der Waals surface area (Å²) in [6.07, 6.45) is 0. The predicted molar refractivity (Wildman–Crippen MR) is 98.0 cm³/mol. The van der Waals surface area contributed by atoms with Crippen molar-refractivity contribution in [3.63, 3.8) is 0 Å². The molecule has 0 aromatic heterocycles. The molecule has 2 atom stereocenters. The Morgan fingerprint density at radius 1 is 0.846 bits per heavy atom. The molecule has 2 rings (SSSR count). The summed E-state index contributed by atoms with van der Waals surface area (Å²) in [4.78, 5) is 34.1. The maximum Gasteiger partial charge on any atom is 0.274 e. The van der Waals surface area contributed by atoms with Gasteiger partial charge in [-0.25, -0.2) is 0 Å². The SMILES string of the molecule is CC(C(=O)C(C)c1ccc(Cl)cc1[N+](=O)[O-])c1ccc(Cl)cc1[N+](=O)[O-]. The zero-order chi connectivity index (χ0) is 19.6. The molecule has 2 aromatic carbocycles. The lowest BCUT2D eigenvalue weighted by atomic mass is 9.84. The minimum atomic E-state index is -0.849. The summed E-state index contributed by atoms with van der Waals surface area (Å²) in [6, 6.07) is 8.12. The van der Waals surface area contributed by atoms with Gasteiger partial charge >= 0.3 is 0 Å². The van der Waals surface area contributed by atoms with Gasteiger partial charge < -0.3 is 0 Å². The van der Waals surface area contributed by atoms with Crippen LogP contribution >= 0.6 is 23.2 Å². The van der Waals surface area contributed by atoms with Crippen LogP contribution in [0.15, 0.2) is 36.4 Å². The summed E-state index contributed by atoms with van der Waals surface area (Å²) >= 11 is 11.6. The lowest BCUT2D eigenvalue weighted by Crippen LogP contribution is -2.18. The van der Waals surface area contributed by atoms with Gasteiger partial charge in [0.25, 0.3) is 11.4 Å². The summed E-state index contributed by atoms with van der Waals surface area (Å²) in [5.74, 6) is -2.09. The number of nitro groups is 2. The van der Waals surface area contributed by atoms with Crippen molar-refractivity contribution < 1.29 is 14.6 Å². The molecule has 0 aliphatic rings. The van der Waals surface area contributed by atoms with Crippen LogP contribution in [0.2, 0.25) is 10.0 Å². The fourth-order valence-electron chi connectivity index (χ4n) is 2.76.